The van der Waals surface area contributed by atoms with Gasteiger partial charge in [0.05, 0.1) is 21.5 Å². The van der Waals surface area contributed by atoms with Gasteiger partial charge in [-0.2, -0.15) is 0 Å². The first-order chi connectivity index (χ1) is 11.2. The lowest BCUT2D eigenvalue weighted by molar-refractivity contribution is -0.393. The van der Waals surface area contributed by atoms with Crippen molar-refractivity contribution < 1.29 is 19.7 Å². The molecule has 0 amide bonds. The Morgan fingerprint density at radius 2 is 1.71 bits per heavy atom. The molecule has 2 N–H and O–H groups in total. The predicted molar refractivity (Wildman–Crippen MR) is 85.9 cm³/mol. The highest BCUT2D eigenvalue weighted by molar-refractivity contribution is 5.99. The van der Waals surface area contributed by atoms with Crippen molar-refractivity contribution in [3.8, 4) is 0 Å². The molecule has 0 fully saturated rings. The lowest BCUT2D eigenvalue weighted by Crippen LogP contribution is -2.07. The molecule has 0 heterocycles. The molecule has 24 heavy (non-hydrogen) atoms. The molecule has 0 bridgehead atoms. The molecular formula is C15H13N3O6. The van der Waals surface area contributed by atoms with Gasteiger partial charge in [0.25, 0.3) is 11.4 Å². The van der Waals surface area contributed by atoms with Gasteiger partial charge in [-0.05, 0) is 37.1 Å². The Balaban J connectivity index is 2.65. The maximum Gasteiger partial charge on any atom is 0.338 e. The number of hydrogen-bond acceptors (Lipinski definition) is 6. The van der Waals surface area contributed by atoms with Crippen molar-refractivity contribution in [2.24, 2.45) is 0 Å². The summed E-state index contributed by atoms with van der Waals surface area (Å²) in [5, 5.41) is 34.1. The maximum atomic E-state index is 11.4. The van der Waals surface area contributed by atoms with Crippen LogP contribution in [0.1, 0.15) is 21.5 Å². The molecule has 0 unspecified atom stereocenters. The van der Waals surface area contributed by atoms with E-state index in [4.69, 9.17) is 0 Å². The molecule has 2 rings (SSSR count). The van der Waals surface area contributed by atoms with Gasteiger partial charge in [0, 0.05) is 11.8 Å². The van der Waals surface area contributed by atoms with Crippen molar-refractivity contribution in [1.82, 2.24) is 0 Å². The molecule has 0 spiro atoms. The zero-order chi connectivity index (χ0) is 18.0. The van der Waals surface area contributed by atoms with Gasteiger partial charge in [-0.3, -0.25) is 20.2 Å². The fourth-order valence-electron chi connectivity index (χ4n) is 2.12. The van der Waals surface area contributed by atoms with Gasteiger partial charge in [0.15, 0.2) is 0 Å². The summed E-state index contributed by atoms with van der Waals surface area (Å²) in [6, 6.07) is 6.63. The number of non-ortho nitro benzene ring substituents is 1. The number of benzene rings is 2. The molecule has 0 saturated carbocycles. The van der Waals surface area contributed by atoms with Crippen molar-refractivity contribution in [2.75, 3.05) is 5.32 Å². The number of aryl methyl sites for hydroxylation is 2. The number of nitrogens with one attached hydrogen (secondary N) is 1. The van der Waals surface area contributed by atoms with E-state index in [-0.39, 0.29) is 5.69 Å². The third-order valence-corrected chi connectivity index (χ3v) is 3.52. The van der Waals surface area contributed by atoms with E-state index in [2.05, 4.69) is 5.32 Å². The quantitative estimate of drug-likeness (QED) is 0.631. The minimum Gasteiger partial charge on any atom is -0.478 e. The van der Waals surface area contributed by atoms with Gasteiger partial charge >= 0.3 is 5.97 Å². The molecular weight excluding hydrogens is 318 g/mol. The number of anilines is 2. The number of carbonyl (C=O) groups is 1. The van der Waals surface area contributed by atoms with Crippen LogP contribution >= 0.6 is 0 Å². The number of carboxylic acids is 1. The van der Waals surface area contributed by atoms with Crippen LogP contribution in [-0.4, -0.2) is 20.9 Å². The first-order valence-corrected chi connectivity index (χ1v) is 6.75. The second-order valence-electron chi connectivity index (χ2n) is 5.13. The van der Waals surface area contributed by atoms with Crippen molar-refractivity contribution >= 4 is 28.7 Å². The second-order valence-corrected chi connectivity index (χ2v) is 5.13. The third kappa shape index (κ3) is 3.29. The van der Waals surface area contributed by atoms with Crippen LogP contribution in [0.15, 0.2) is 30.3 Å². The number of nitrogens with zero attached hydrogens (tertiary/aromatic N) is 2. The average Bonchev–Trinajstić information content (AvgIpc) is 2.50. The van der Waals surface area contributed by atoms with Crippen LogP contribution in [0.3, 0.4) is 0 Å². The van der Waals surface area contributed by atoms with E-state index in [1.807, 2.05) is 13.8 Å². The Labute approximate surface area is 135 Å². The van der Waals surface area contributed by atoms with Crippen LogP contribution in [0.25, 0.3) is 0 Å². The van der Waals surface area contributed by atoms with Crippen LogP contribution in [0.2, 0.25) is 0 Å². The summed E-state index contributed by atoms with van der Waals surface area (Å²) in [5.74, 6) is -1.51. The van der Waals surface area contributed by atoms with Crippen LogP contribution in [0.5, 0.6) is 0 Å². The summed E-state index contributed by atoms with van der Waals surface area (Å²) in [5.41, 5.74) is 0.149. The van der Waals surface area contributed by atoms with Gasteiger partial charge in [0.1, 0.15) is 5.69 Å². The van der Waals surface area contributed by atoms with E-state index in [0.717, 1.165) is 23.3 Å². The zero-order valence-corrected chi connectivity index (χ0v) is 12.8. The first kappa shape index (κ1) is 16.9. The van der Waals surface area contributed by atoms with E-state index in [1.54, 1.807) is 18.2 Å². The van der Waals surface area contributed by atoms with Crippen LogP contribution in [0, 0.1) is 34.1 Å². The first-order valence-electron chi connectivity index (χ1n) is 6.75. The maximum absolute atomic E-state index is 11.4. The molecule has 0 aliphatic carbocycles. The zero-order valence-electron chi connectivity index (χ0n) is 12.8. The molecule has 2 aromatic rings. The molecule has 2 aromatic carbocycles. The van der Waals surface area contributed by atoms with Crippen molar-refractivity contribution in [3.63, 3.8) is 0 Å². The molecule has 0 aliphatic rings. The van der Waals surface area contributed by atoms with Crippen LogP contribution in [-0.2, 0) is 0 Å². The van der Waals surface area contributed by atoms with Crippen molar-refractivity contribution in [3.05, 3.63) is 67.3 Å². The summed E-state index contributed by atoms with van der Waals surface area (Å²) in [7, 11) is 0. The Kier molecular flexibility index (Phi) is 4.45. The van der Waals surface area contributed by atoms with E-state index in [1.165, 1.54) is 0 Å². The fourth-order valence-corrected chi connectivity index (χ4v) is 2.12. The minimum absolute atomic E-state index is 0.304. The number of rotatable bonds is 5. The Hall–Kier alpha value is -3.49. The molecule has 0 saturated heterocycles. The van der Waals surface area contributed by atoms with Gasteiger partial charge in [0.2, 0.25) is 0 Å². The smallest absolute Gasteiger partial charge is 0.338 e. The Morgan fingerprint density at radius 1 is 1.04 bits per heavy atom. The lowest BCUT2D eigenvalue weighted by atomic mass is 10.1. The van der Waals surface area contributed by atoms with Crippen molar-refractivity contribution in [2.45, 2.75) is 13.8 Å². The van der Waals surface area contributed by atoms with Gasteiger partial charge in [-0.15, -0.1) is 0 Å². The standard InChI is InChI=1S/C15H13N3O6/c1-8-3-4-10(5-9(8)2)16-14-12(15(19)20)6-11(17(21)22)7-13(14)18(23)24/h3-7,16H,1-2H3,(H,19,20). The third-order valence-electron chi connectivity index (χ3n) is 3.52. The Morgan fingerprint density at radius 3 is 2.21 bits per heavy atom. The SMILES string of the molecule is Cc1ccc(Nc2c(C(=O)O)cc([N+](=O)[O-])cc2[N+](=O)[O-])cc1C. The predicted octanol–water partition coefficient (Wildman–Crippen LogP) is 3.56. The summed E-state index contributed by atoms with van der Waals surface area (Å²) in [6.45, 7) is 3.72. The molecule has 0 aromatic heterocycles. The second kappa shape index (κ2) is 6.32. The number of carboxylic acid groups (broad SMARTS) is 1. The largest absolute Gasteiger partial charge is 0.478 e. The number of nitro benzene ring substituents is 2. The monoisotopic (exact) mass is 331 g/mol. The van der Waals surface area contributed by atoms with Gasteiger partial charge < -0.3 is 10.4 Å². The highest BCUT2D eigenvalue weighted by Gasteiger charge is 2.27. The number of aromatic carboxylic acids is 1. The molecule has 0 radical (unpaired) electrons. The minimum atomic E-state index is -1.51. The summed E-state index contributed by atoms with van der Waals surface area (Å²) in [4.78, 5) is 31.8. The van der Waals surface area contributed by atoms with Crippen LogP contribution in [0.4, 0.5) is 22.7 Å². The average molecular weight is 331 g/mol. The normalized spacial score (nSPS) is 10.2. The van der Waals surface area contributed by atoms with E-state index in [0.29, 0.717) is 5.69 Å². The molecule has 0 aliphatic heterocycles. The highest BCUT2D eigenvalue weighted by atomic mass is 16.6. The van der Waals surface area contributed by atoms with Crippen molar-refractivity contribution in [1.29, 1.82) is 0 Å². The highest BCUT2D eigenvalue weighted by Crippen LogP contribution is 2.35. The topological polar surface area (TPSA) is 136 Å². The summed E-state index contributed by atoms with van der Waals surface area (Å²) in [6.07, 6.45) is 0. The van der Waals surface area contributed by atoms with E-state index in [9.17, 15) is 30.1 Å². The van der Waals surface area contributed by atoms with Gasteiger partial charge in [-0.1, -0.05) is 6.07 Å². The fraction of sp³-hybridized carbons (Fsp3) is 0.133. The molecule has 9 heteroatoms. The number of hydrogen-bond donors (Lipinski definition) is 2. The van der Waals surface area contributed by atoms with E-state index >= 15 is 0 Å². The summed E-state index contributed by atoms with van der Waals surface area (Å²) >= 11 is 0. The molecule has 124 valence electrons. The molecule has 0 atom stereocenters. The number of nitro groups is 2. The Bertz CT molecular complexity index is 827. The van der Waals surface area contributed by atoms with E-state index < -0.39 is 32.8 Å². The molecule has 9 nitrogen and oxygen atoms in total. The summed E-state index contributed by atoms with van der Waals surface area (Å²) < 4.78 is 0. The van der Waals surface area contributed by atoms with Gasteiger partial charge in [-0.25, -0.2) is 4.79 Å². The van der Waals surface area contributed by atoms with Crippen LogP contribution < -0.4 is 5.32 Å². The lowest BCUT2D eigenvalue weighted by Gasteiger charge is -2.11.